The van der Waals surface area contributed by atoms with Gasteiger partial charge in [-0.2, -0.15) is 0 Å². The SMILES string of the molecule is CCOP(=O)(O)c1ccccc1CCCBr. The molecule has 0 spiro atoms. The van der Waals surface area contributed by atoms with Gasteiger partial charge in [-0.25, -0.2) is 0 Å². The highest BCUT2D eigenvalue weighted by molar-refractivity contribution is 9.09. The smallest absolute Gasteiger partial charge is 0.321 e. The summed E-state index contributed by atoms with van der Waals surface area (Å²) in [6, 6.07) is 7.17. The summed E-state index contributed by atoms with van der Waals surface area (Å²) in [4.78, 5) is 9.79. The zero-order chi connectivity index (χ0) is 12.0. The molecule has 16 heavy (non-hydrogen) atoms. The van der Waals surface area contributed by atoms with Gasteiger partial charge in [0.25, 0.3) is 0 Å². The van der Waals surface area contributed by atoms with Gasteiger partial charge in [0.1, 0.15) is 0 Å². The molecule has 0 aliphatic heterocycles. The first-order valence-electron chi connectivity index (χ1n) is 5.23. The van der Waals surface area contributed by atoms with Crippen molar-refractivity contribution in [3.8, 4) is 0 Å². The van der Waals surface area contributed by atoms with Crippen LogP contribution in [0.15, 0.2) is 24.3 Å². The molecule has 0 aliphatic rings. The molecule has 0 amide bonds. The van der Waals surface area contributed by atoms with Crippen LogP contribution in [-0.4, -0.2) is 16.8 Å². The Morgan fingerprint density at radius 2 is 2.12 bits per heavy atom. The fraction of sp³-hybridized carbons (Fsp3) is 0.455. The highest BCUT2D eigenvalue weighted by atomic mass is 79.9. The van der Waals surface area contributed by atoms with Crippen LogP contribution in [0.1, 0.15) is 18.9 Å². The minimum Gasteiger partial charge on any atom is -0.321 e. The molecule has 3 nitrogen and oxygen atoms in total. The van der Waals surface area contributed by atoms with Crippen molar-refractivity contribution in [2.75, 3.05) is 11.9 Å². The fourth-order valence-corrected chi connectivity index (χ4v) is 3.09. The lowest BCUT2D eigenvalue weighted by molar-refractivity contribution is 0.284. The molecule has 0 aliphatic carbocycles. The Bertz CT molecular complexity index is 381. The van der Waals surface area contributed by atoms with E-state index in [0.29, 0.717) is 5.30 Å². The van der Waals surface area contributed by atoms with Crippen molar-refractivity contribution < 1.29 is 14.0 Å². The van der Waals surface area contributed by atoms with Crippen LogP contribution < -0.4 is 5.30 Å². The molecular formula is C11H16BrO3P. The Labute approximate surface area is 104 Å². The first-order valence-corrected chi connectivity index (χ1v) is 7.93. The Morgan fingerprint density at radius 1 is 1.44 bits per heavy atom. The van der Waals surface area contributed by atoms with E-state index in [0.717, 1.165) is 23.7 Å². The second-order valence-electron chi connectivity index (χ2n) is 3.36. The highest BCUT2D eigenvalue weighted by Crippen LogP contribution is 2.41. The van der Waals surface area contributed by atoms with Crippen molar-refractivity contribution in [3.05, 3.63) is 29.8 Å². The van der Waals surface area contributed by atoms with Crippen molar-refractivity contribution in [2.24, 2.45) is 0 Å². The van der Waals surface area contributed by atoms with Crippen LogP contribution in [0, 0.1) is 0 Å². The summed E-state index contributed by atoms with van der Waals surface area (Å²) in [6.07, 6.45) is 1.71. The molecular weight excluding hydrogens is 291 g/mol. The van der Waals surface area contributed by atoms with Crippen LogP contribution in [0.4, 0.5) is 0 Å². The van der Waals surface area contributed by atoms with Crippen LogP contribution >= 0.6 is 23.5 Å². The van der Waals surface area contributed by atoms with Crippen LogP contribution in [0.5, 0.6) is 0 Å². The Kier molecular flexibility index (Phi) is 5.70. The molecule has 1 aromatic carbocycles. The van der Waals surface area contributed by atoms with Gasteiger partial charge in [0.15, 0.2) is 0 Å². The molecule has 1 unspecified atom stereocenters. The minimum absolute atomic E-state index is 0.237. The van der Waals surface area contributed by atoms with E-state index in [1.54, 1.807) is 19.1 Å². The normalized spacial score (nSPS) is 14.7. The predicted octanol–water partition coefficient (Wildman–Crippen LogP) is 2.86. The second kappa shape index (κ2) is 6.55. The van der Waals surface area contributed by atoms with Gasteiger partial charge in [-0.1, -0.05) is 34.1 Å². The summed E-state index contributed by atoms with van der Waals surface area (Å²) >= 11 is 3.35. The average molecular weight is 307 g/mol. The number of benzene rings is 1. The van der Waals surface area contributed by atoms with Gasteiger partial charge in [0.05, 0.1) is 11.9 Å². The molecule has 0 saturated heterocycles. The maximum atomic E-state index is 11.9. The summed E-state index contributed by atoms with van der Waals surface area (Å²) in [7, 11) is -3.64. The molecule has 0 aromatic heterocycles. The summed E-state index contributed by atoms with van der Waals surface area (Å²) < 4.78 is 16.9. The first-order chi connectivity index (χ1) is 7.61. The standard InChI is InChI=1S/C11H16BrO3P/c1-2-15-16(13,14)11-8-4-3-6-10(11)7-5-9-12/h3-4,6,8H,2,5,7,9H2,1H3,(H,13,14). The van der Waals surface area contributed by atoms with Gasteiger partial charge < -0.3 is 9.42 Å². The lowest BCUT2D eigenvalue weighted by Crippen LogP contribution is -2.13. The highest BCUT2D eigenvalue weighted by Gasteiger charge is 2.24. The number of hydrogen-bond acceptors (Lipinski definition) is 2. The molecule has 0 fully saturated rings. The van der Waals surface area contributed by atoms with E-state index in [2.05, 4.69) is 15.9 Å². The largest absolute Gasteiger partial charge is 0.359 e. The topological polar surface area (TPSA) is 46.5 Å². The van der Waals surface area contributed by atoms with E-state index in [1.165, 1.54) is 0 Å². The summed E-state index contributed by atoms with van der Waals surface area (Å²) in [6.45, 7) is 1.95. The van der Waals surface area contributed by atoms with Crippen molar-refractivity contribution in [2.45, 2.75) is 19.8 Å². The van der Waals surface area contributed by atoms with Crippen molar-refractivity contribution in [3.63, 3.8) is 0 Å². The molecule has 0 saturated carbocycles. The Morgan fingerprint density at radius 3 is 2.75 bits per heavy atom. The van der Waals surface area contributed by atoms with Crippen molar-refractivity contribution in [1.29, 1.82) is 0 Å². The number of aryl methyl sites for hydroxylation is 1. The van der Waals surface area contributed by atoms with Crippen molar-refractivity contribution >= 4 is 28.8 Å². The second-order valence-corrected chi connectivity index (χ2v) is 5.93. The fourth-order valence-electron chi connectivity index (χ4n) is 1.50. The van der Waals surface area contributed by atoms with E-state index in [1.807, 2.05) is 12.1 Å². The van der Waals surface area contributed by atoms with Gasteiger partial charge in [-0.05, 0) is 31.4 Å². The van der Waals surface area contributed by atoms with E-state index in [9.17, 15) is 9.46 Å². The molecule has 1 N–H and O–H groups in total. The van der Waals surface area contributed by atoms with Gasteiger partial charge in [0, 0.05) is 5.33 Å². The number of halogens is 1. The summed E-state index contributed by atoms with van der Waals surface area (Å²) in [5.41, 5.74) is 0.890. The molecule has 1 aromatic rings. The summed E-state index contributed by atoms with van der Waals surface area (Å²) in [5.74, 6) is 0. The van der Waals surface area contributed by atoms with Crippen LogP contribution in [-0.2, 0) is 15.5 Å². The molecule has 5 heteroatoms. The van der Waals surface area contributed by atoms with E-state index in [-0.39, 0.29) is 6.61 Å². The number of rotatable bonds is 6. The zero-order valence-electron chi connectivity index (χ0n) is 9.23. The van der Waals surface area contributed by atoms with Crippen LogP contribution in [0.2, 0.25) is 0 Å². The van der Waals surface area contributed by atoms with E-state index in [4.69, 9.17) is 4.52 Å². The quantitative estimate of drug-likeness (QED) is 0.649. The third-order valence-corrected chi connectivity index (χ3v) is 4.39. The third kappa shape index (κ3) is 3.70. The molecule has 1 rings (SSSR count). The third-order valence-electron chi connectivity index (χ3n) is 2.18. The maximum Gasteiger partial charge on any atom is 0.359 e. The maximum absolute atomic E-state index is 11.9. The van der Waals surface area contributed by atoms with E-state index < -0.39 is 7.60 Å². The van der Waals surface area contributed by atoms with Crippen LogP contribution in [0.25, 0.3) is 0 Å². The lowest BCUT2D eigenvalue weighted by atomic mass is 10.1. The molecule has 0 bridgehead atoms. The van der Waals surface area contributed by atoms with Gasteiger partial charge in [-0.15, -0.1) is 0 Å². The summed E-state index contributed by atoms with van der Waals surface area (Å²) in [5, 5.41) is 1.31. The monoisotopic (exact) mass is 306 g/mol. The molecule has 0 radical (unpaired) electrons. The first kappa shape index (κ1) is 13.9. The van der Waals surface area contributed by atoms with Crippen molar-refractivity contribution in [1.82, 2.24) is 0 Å². The van der Waals surface area contributed by atoms with Crippen LogP contribution in [0.3, 0.4) is 0 Å². The number of alkyl halides is 1. The average Bonchev–Trinajstić information content (AvgIpc) is 2.26. The van der Waals surface area contributed by atoms with E-state index >= 15 is 0 Å². The van der Waals surface area contributed by atoms with Gasteiger partial charge in [-0.3, -0.25) is 4.57 Å². The van der Waals surface area contributed by atoms with Gasteiger partial charge >= 0.3 is 7.60 Å². The Balaban J connectivity index is 2.98. The minimum atomic E-state index is -3.64. The van der Waals surface area contributed by atoms with Gasteiger partial charge in [0.2, 0.25) is 0 Å². The molecule has 0 heterocycles. The molecule has 90 valence electrons. The lowest BCUT2D eigenvalue weighted by Gasteiger charge is -2.14. The number of hydrogen-bond donors (Lipinski definition) is 1. The Hall–Kier alpha value is -0.150. The predicted molar refractivity (Wildman–Crippen MR) is 69.6 cm³/mol. The zero-order valence-corrected chi connectivity index (χ0v) is 11.7. The molecule has 1 atom stereocenters.